The largest absolute Gasteiger partial charge is 0.493 e. The van der Waals surface area contributed by atoms with Gasteiger partial charge in [-0.15, -0.1) is 0 Å². The summed E-state index contributed by atoms with van der Waals surface area (Å²) >= 11 is 3.29. The molecule has 0 fully saturated rings. The van der Waals surface area contributed by atoms with Gasteiger partial charge >= 0.3 is 5.97 Å². The summed E-state index contributed by atoms with van der Waals surface area (Å²) in [5.74, 6) is -0.393. The zero-order valence-corrected chi connectivity index (χ0v) is 8.72. The molecule has 4 nitrogen and oxygen atoms in total. The van der Waals surface area contributed by atoms with Crippen LogP contribution >= 0.6 is 15.9 Å². The summed E-state index contributed by atoms with van der Waals surface area (Å²) in [6.45, 7) is 2.82. The number of halogens is 1. The van der Waals surface area contributed by atoms with E-state index >= 15 is 0 Å². The number of hydrogen-bond acceptors (Lipinski definition) is 3. The van der Waals surface area contributed by atoms with Crippen molar-refractivity contribution in [1.82, 2.24) is 5.32 Å². The lowest BCUT2D eigenvalue weighted by Gasteiger charge is -2.16. The fourth-order valence-corrected chi connectivity index (χ4v) is 1.30. The molecule has 0 aromatic heterocycles. The summed E-state index contributed by atoms with van der Waals surface area (Å²) in [7, 11) is 0. The van der Waals surface area contributed by atoms with Crippen LogP contribution in [0.2, 0.25) is 0 Å². The first-order valence-electron chi connectivity index (χ1n) is 3.85. The molecule has 13 heavy (non-hydrogen) atoms. The third-order valence-corrected chi connectivity index (χ3v) is 2.18. The number of nitrogens with one attached hydrogen (secondary N) is 1. The van der Waals surface area contributed by atoms with Crippen LogP contribution < -0.4 is 5.32 Å². The summed E-state index contributed by atoms with van der Waals surface area (Å²) in [5, 5.41) is 11.4. The van der Waals surface area contributed by atoms with Crippen molar-refractivity contribution < 1.29 is 14.6 Å². The average Bonchev–Trinajstić information content (AvgIpc) is 2.08. The second-order valence-electron chi connectivity index (χ2n) is 2.42. The molecule has 1 rings (SSSR count). The van der Waals surface area contributed by atoms with Crippen molar-refractivity contribution >= 4 is 21.9 Å². The van der Waals surface area contributed by atoms with E-state index in [0.29, 0.717) is 18.9 Å². The van der Waals surface area contributed by atoms with E-state index in [9.17, 15) is 4.79 Å². The van der Waals surface area contributed by atoms with E-state index in [1.54, 1.807) is 0 Å². The number of carbonyl (C=O) groups is 1. The first kappa shape index (κ1) is 10.1. The molecule has 0 amide bonds. The van der Waals surface area contributed by atoms with E-state index in [1.165, 1.54) is 6.08 Å². The normalized spacial score (nSPS) is 16.3. The fourth-order valence-electron chi connectivity index (χ4n) is 0.933. The molecule has 0 atom stereocenters. The third kappa shape index (κ3) is 2.48. The summed E-state index contributed by atoms with van der Waals surface area (Å²) in [6.07, 6.45) is 1.47. The predicted octanol–water partition coefficient (Wildman–Crippen LogP) is 1.20. The van der Waals surface area contributed by atoms with Crippen molar-refractivity contribution in [1.29, 1.82) is 0 Å². The molecular weight excluding hydrogens is 238 g/mol. The molecule has 0 saturated heterocycles. The molecule has 5 heteroatoms. The maximum Gasteiger partial charge on any atom is 0.352 e. The SMILES string of the molecule is CCOC1=C(Br)CNC(C(=O)O)=C1. The summed E-state index contributed by atoms with van der Waals surface area (Å²) in [5.41, 5.74) is 0.159. The van der Waals surface area contributed by atoms with E-state index in [2.05, 4.69) is 21.2 Å². The van der Waals surface area contributed by atoms with Gasteiger partial charge in [-0.25, -0.2) is 4.79 Å². The number of rotatable bonds is 3. The van der Waals surface area contributed by atoms with Crippen LogP contribution in [0.4, 0.5) is 0 Å². The van der Waals surface area contributed by atoms with Gasteiger partial charge in [-0.3, -0.25) is 0 Å². The predicted molar refractivity (Wildman–Crippen MR) is 51.3 cm³/mol. The van der Waals surface area contributed by atoms with Crippen molar-refractivity contribution in [2.75, 3.05) is 13.2 Å². The fraction of sp³-hybridized carbons (Fsp3) is 0.375. The average molecular weight is 248 g/mol. The molecule has 0 aromatic carbocycles. The second-order valence-corrected chi connectivity index (χ2v) is 3.38. The second kappa shape index (κ2) is 4.32. The number of dihydropyridines is 1. The highest BCUT2D eigenvalue weighted by molar-refractivity contribution is 9.11. The van der Waals surface area contributed by atoms with Gasteiger partial charge in [0, 0.05) is 6.08 Å². The van der Waals surface area contributed by atoms with E-state index in [-0.39, 0.29) is 5.70 Å². The van der Waals surface area contributed by atoms with Gasteiger partial charge in [0.25, 0.3) is 0 Å². The Bertz CT molecular complexity index is 283. The molecule has 0 unspecified atom stereocenters. The molecule has 0 aromatic rings. The van der Waals surface area contributed by atoms with E-state index in [0.717, 1.165) is 4.48 Å². The van der Waals surface area contributed by atoms with Gasteiger partial charge in [-0.2, -0.15) is 0 Å². The third-order valence-electron chi connectivity index (χ3n) is 1.51. The summed E-state index contributed by atoms with van der Waals surface area (Å²) in [6, 6.07) is 0. The number of aliphatic carboxylic acids is 1. The lowest BCUT2D eigenvalue weighted by molar-refractivity contribution is -0.133. The minimum atomic E-state index is -0.975. The lowest BCUT2D eigenvalue weighted by Crippen LogP contribution is -2.25. The number of hydrogen-bond donors (Lipinski definition) is 2. The molecule has 1 aliphatic rings. The van der Waals surface area contributed by atoms with E-state index < -0.39 is 5.97 Å². The van der Waals surface area contributed by atoms with Crippen molar-refractivity contribution in [2.24, 2.45) is 0 Å². The highest BCUT2D eigenvalue weighted by Gasteiger charge is 2.15. The maximum atomic E-state index is 10.6. The lowest BCUT2D eigenvalue weighted by atomic mass is 10.2. The monoisotopic (exact) mass is 247 g/mol. The van der Waals surface area contributed by atoms with Gasteiger partial charge in [0.05, 0.1) is 17.6 Å². The Morgan fingerprint density at radius 2 is 2.54 bits per heavy atom. The molecule has 2 N–H and O–H groups in total. The Kier molecular flexibility index (Phi) is 3.36. The van der Waals surface area contributed by atoms with Crippen LogP contribution in [0.5, 0.6) is 0 Å². The minimum Gasteiger partial charge on any atom is -0.493 e. The highest BCUT2D eigenvalue weighted by Crippen LogP contribution is 2.19. The van der Waals surface area contributed by atoms with Crippen LogP contribution in [0.25, 0.3) is 0 Å². The molecule has 1 heterocycles. The maximum absolute atomic E-state index is 10.6. The zero-order valence-electron chi connectivity index (χ0n) is 7.13. The minimum absolute atomic E-state index is 0.159. The van der Waals surface area contributed by atoms with E-state index in [1.807, 2.05) is 6.92 Å². The van der Waals surface area contributed by atoms with Crippen LogP contribution in [0, 0.1) is 0 Å². The van der Waals surface area contributed by atoms with Crippen molar-refractivity contribution in [3.8, 4) is 0 Å². The van der Waals surface area contributed by atoms with Crippen molar-refractivity contribution in [3.05, 3.63) is 22.0 Å². The topological polar surface area (TPSA) is 58.6 Å². The van der Waals surface area contributed by atoms with Gasteiger partial charge in [0.1, 0.15) is 11.5 Å². The molecule has 0 saturated carbocycles. The van der Waals surface area contributed by atoms with Gasteiger partial charge in [-0.05, 0) is 22.9 Å². The van der Waals surface area contributed by atoms with Crippen LogP contribution in [0.15, 0.2) is 22.0 Å². The Morgan fingerprint density at radius 1 is 1.85 bits per heavy atom. The van der Waals surface area contributed by atoms with Gasteiger partial charge < -0.3 is 15.2 Å². The molecule has 0 spiro atoms. The number of ether oxygens (including phenoxy) is 1. The van der Waals surface area contributed by atoms with Gasteiger partial charge in [0.2, 0.25) is 0 Å². The molecule has 0 bridgehead atoms. The number of carboxylic acids is 1. The zero-order chi connectivity index (χ0) is 9.84. The Balaban J connectivity index is 2.84. The van der Waals surface area contributed by atoms with Gasteiger partial charge in [0.15, 0.2) is 0 Å². The molecule has 72 valence electrons. The Morgan fingerprint density at radius 3 is 3.08 bits per heavy atom. The first-order valence-corrected chi connectivity index (χ1v) is 4.64. The highest BCUT2D eigenvalue weighted by atomic mass is 79.9. The van der Waals surface area contributed by atoms with Crippen LogP contribution in [-0.4, -0.2) is 24.2 Å². The van der Waals surface area contributed by atoms with Crippen LogP contribution in [0.3, 0.4) is 0 Å². The summed E-state index contributed by atoms with van der Waals surface area (Å²) in [4.78, 5) is 10.6. The molecule has 1 aliphatic heterocycles. The summed E-state index contributed by atoms with van der Waals surface area (Å²) < 4.78 is 6.06. The van der Waals surface area contributed by atoms with Crippen LogP contribution in [0.1, 0.15) is 6.92 Å². The standard InChI is InChI=1S/C8H10BrNO3/c1-2-13-7-3-6(8(11)12)10-4-5(7)9/h3,10H,2,4H2,1H3,(H,11,12). The van der Waals surface area contributed by atoms with Crippen molar-refractivity contribution in [3.63, 3.8) is 0 Å². The molecule has 0 aliphatic carbocycles. The number of carboxylic acid groups (broad SMARTS) is 1. The van der Waals surface area contributed by atoms with E-state index in [4.69, 9.17) is 9.84 Å². The van der Waals surface area contributed by atoms with Gasteiger partial charge in [-0.1, -0.05) is 0 Å². The van der Waals surface area contributed by atoms with Crippen LogP contribution in [-0.2, 0) is 9.53 Å². The smallest absolute Gasteiger partial charge is 0.352 e. The number of allylic oxidation sites excluding steroid dienone is 1. The Labute approximate surface area is 84.4 Å². The molecular formula is C8H10BrNO3. The first-order chi connectivity index (χ1) is 6.15. The molecule has 0 radical (unpaired) electrons. The quantitative estimate of drug-likeness (QED) is 0.787. The Hall–Kier alpha value is -0.970. The van der Waals surface area contributed by atoms with Crippen molar-refractivity contribution in [2.45, 2.75) is 6.92 Å².